The Morgan fingerprint density at radius 3 is 2.75 bits per heavy atom. The molecule has 12 heavy (non-hydrogen) atoms. The van der Waals surface area contributed by atoms with E-state index < -0.39 is 0 Å². The van der Waals surface area contributed by atoms with E-state index in [2.05, 4.69) is 4.98 Å². The molecule has 2 nitrogen and oxygen atoms in total. The van der Waals surface area contributed by atoms with E-state index >= 15 is 0 Å². The average molecular weight is 167 g/mol. The first-order chi connectivity index (χ1) is 5.84. The molecule has 0 unspecified atom stereocenters. The normalized spacial score (nSPS) is 17.1. The highest BCUT2D eigenvalue weighted by Crippen LogP contribution is 2.23. The van der Waals surface area contributed by atoms with E-state index in [9.17, 15) is 4.39 Å². The second-order valence-corrected chi connectivity index (χ2v) is 2.99. The van der Waals surface area contributed by atoms with Crippen molar-refractivity contribution in [3.05, 3.63) is 24.1 Å². The van der Waals surface area contributed by atoms with Gasteiger partial charge in [-0.3, -0.25) is 0 Å². The predicted molar refractivity (Wildman–Crippen MR) is 42.5 cm³/mol. The summed E-state index contributed by atoms with van der Waals surface area (Å²) in [6, 6.07) is 2.93. The maximum atomic E-state index is 12.4. The number of hydrogen-bond donors (Lipinski definition) is 0. The molecule has 0 saturated heterocycles. The molecule has 1 aliphatic rings. The van der Waals surface area contributed by atoms with Crippen LogP contribution in [-0.2, 0) is 0 Å². The molecule has 2 rings (SSSR count). The Morgan fingerprint density at radius 1 is 1.42 bits per heavy atom. The molecular weight excluding hydrogens is 157 g/mol. The predicted octanol–water partition coefficient (Wildman–Crippen LogP) is 2.15. The highest BCUT2D eigenvalue weighted by atomic mass is 19.1. The maximum absolute atomic E-state index is 12.4. The number of hydrogen-bond acceptors (Lipinski definition) is 2. The van der Waals surface area contributed by atoms with Gasteiger partial charge in [-0.25, -0.2) is 9.37 Å². The molecule has 1 aromatic heterocycles. The zero-order valence-corrected chi connectivity index (χ0v) is 6.66. The Morgan fingerprint density at radius 2 is 2.25 bits per heavy atom. The number of nitrogens with zero attached hydrogens (tertiary/aromatic N) is 1. The van der Waals surface area contributed by atoms with Crippen molar-refractivity contribution in [2.45, 2.75) is 25.4 Å². The van der Waals surface area contributed by atoms with Gasteiger partial charge in [0, 0.05) is 6.07 Å². The highest BCUT2D eigenvalue weighted by Gasteiger charge is 2.19. The van der Waals surface area contributed by atoms with Crippen LogP contribution in [0.1, 0.15) is 19.3 Å². The van der Waals surface area contributed by atoms with Crippen molar-refractivity contribution < 1.29 is 9.13 Å². The lowest BCUT2D eigenvalue weighted by Gasteiger charge is -2.25. The molecule has 1 aliphatic carbocycles. The van der Waals surface area contributed by atoms with Gasteiger partial charge in [0.1, 0.15) is 11.9 Å². The minimum Gasteiger partial charge on any atom is -0.474 e. The first kappa shape index (κ1) is 7.53. The first-order valence-electron chi connectivity index (χ1n) is 4.13. The lowest BCUT2D eigenvalue weighted by atomic mass is 9.96. The van der Waals surface area contributed by atoms with Gasteiger partial charge in [0.25, 0.3) is 0 Å². The van der Waals surface area contributed by atoms with Crippen molar-refractivity contribution in [1.29, 1.82) is 0 Å². The zero-order chi connectivity index (χ0) is 8.39. The lowest BCUT2D eigenvalue weighted by Crippen LogP contribution is -2.24. The van der Waals surface area contributed by atoms with Crippen LogP contribution < -0.4 is 4.74 Å². The molecule has 3 heteroatoms. The molecule has 1 saturated carbocycles. The van der Waals surface area contributed by atoms with Crippen LogP contribution in [0.5, 0.6) is 5.88 Å². The average Bonchev–Trinajstić information content (AvgIpc) is 2.00. The molecule has 0 aromatic carbocycles. The molecule has 1 aromatic rings. The molecule has 0 aliphatic heterocycles. The molecule has 0 spiro atoms. The standard InChI is InChI=1S/C9H10FNO/c10-7-4-5-9(11-6-7)12-8-2-1-3-8/h4-6,8H,1-3H2. The smallest absolute Gasteiger partial charge is 0.213 e. The van der Waals surface area contributed by atoms with E-state index in [1.807, 2.05) is 0 Å². The Balaban J connectivity index is 1.98. The fourth-order valence-electron chi connectivity index (χ4n) is 1.09. The van der Waals surface area contributed by atoms with Crippen LogP contribution in [0.15, 0.2) is 18.3 Å². The van der Waals surface area contributed by atoms with Gasteiger partial charge in [0.15, 0.2) is 0 Å². The summed E-state index contributed by atoms with van der Waals surface area (Å²) in [4.78, 5) is 3.80. The number of aromatic nitrogens is 1. The largest absolute Gasteiger partial charge is 0.474 e. The molecule has 0 bridgehead atoms. The molecule has 1 heterocycles. The zero-order valence-electron chi connectivity index (χ0n) is 6.66. The van der Waals surface area contributed by atoms with Gasteiger partial charge >= 0.3 is 0 Å². The third-order valence-corrected chi connectivity index (χ3v) is 2.04. The lowest BCUT2D eigenvalue weighted by molar-refractivity contribution is 0.114. The molecule has 0 atom stereocenters. The van der Waals surface area contributed by atoms with Gasteiger partial charge in [-0.15, -0.1) is 0 Å². The Bertz CT molecular complexity index is 256. The summed E-state index contributed by atoms with van der Waals surface area (Å²) in [6.07, 6.45) is 4.90. The second kappa shape index (κ2) is 3.09. The third kappa shape index (κ3) is 1.55. The van der Waals surface area contributed by atoms with Gasteiger partial charge in [-0.2, -0.15) is 0 Å². The van der Waals surface area contributed by atoms with Crippen molar-refractivity contribution in [3.63, 3.8) is 0 Å². The van der Waals surface area contributed by atoms with E-state index in [1.165, 1.54) is 18.7 Å². The number of halogens is 1. The van der Waals surface area contributed by atoms with E-state index in [0.717, 1.165) is 12.8 Å². The van der Waals surface area contributed by atoms with Crippen molar-refractivity contribution >= 4 is 0 Å². The summed E-state index contributed by atoms with van der Waals surface area (Å²) in [5, 5.41) is 0. The molecule has 0 amide bonds. The van der Waals surface area contributed by atoms with Crippen LogP contribution in [-0.4, -0.2) is 11.1 Å². The molecule has 0 N–H and O–H groups in total. The minimum absolute atomic E-state index is 0.308. The van der Waals surface area contributed by atoms with Crippen LogP contribution in [0.4, 0.5) is 4.39 Å². The summed E-state index contributed by atoms with van der Waals surface area (Å²) >= 11 is 0. The summed E-state index contributed by atoms with van der Waals surface area (Å²) in [6.45, 7) is 0. The maximum Gasteiger partial charge on any atom is 0.213 e. The fraction of sp³-hybridized carbons (Fsp3) is 0.444. The van der Waals surface area contributed by atoms with Crippen molar-refractivity contribution in [3.8, 4) is 5.88 Å². The molecule has 0 radical (unpaired) electrons. The summed E-state index contributed by atoms with van der Waals surface area (Å²) < 4.78 is 17.8. The molecule has 64 valence electrons. The monoisotopic (exact) mass is 167 g/mol. The summed E-state index contributed by atoms with van der Waals surface area (Å²) in [5.74, 6) is 0.206. The van der Waals surface area contributed by atoms with Crippen LogP contribution in [0.25, 0.3) is 0 Å². The number of pyridine rings is 1. The highest BCUT2D eigenvalue weighted by molar-refractivity contribution is 5.11. The van der Waals surface area contributed by atoms with E-state index in [0.29, 0.717) is 12.0 Å². The van der Waals surface area contributed by atoms with E-state index in [4.69, 9.17) is 4.74 Å². The number of rotatable bonds is 2. The SMILES string of the molecule is Fc1ccc(OC2CCC2)nc1. The van der Waals surface area contributed by atoms with Gasteiger partial charge in [0.2, 0.25) is 5.88 Å². The molecular formula is C9H10FNO. The van der Waals surface area contributed by atoms with Crippen molar-refractivity contribution in [2.75, 3.05) is 0 Å². The van der Waals surface area contributed by atoms with Crippen molar-refractivity contribution in [1.82, 2.24) is 4.98 Å². The van der Waals surface area contributed by atoms with Crippen LogP contribution in [0.3, 0.4) is 0 Å². The van der Waals surface area contributed by atoms with Gasteiger partial charge < -0.3 is 4.74 Å². The summed E-state index contributed by atoms with van der Waals surface area (Å²) in [5.41, 5.74) is 0. The topological polar surface area (TPSA) is 22.1 Å². The Kier molecular flexibility index (Phi) is 1.94. The van der Waals surface area contributed by atoms with Crippen LogP contribution in [0.2, 0.25) is 0 Å². The minimum atomic E-state index is -0.323. The Hall–Kier alpha value is -1.12. The van der Waals surface area contributed by atoms with E-state index in [1.54, 1.807) is 6.07 Å². The fourth-order valence-corrected chi connectivity index (χ4v) is 1.09. The summed E-state index contributed by atoms with van der Waals surface area (Å²) in [7, 11) is 0. The van der Waals surface area contributed by atoms with Gasteiger partial charge in [0.05, 0.1) is 6.20 Å². The van der Waals surface area contributed by atoms with Gasteiger partial charge in [-0.1, -0.05) is 0 Å². The van der Waals surface area contributed by atoms with Crippen molar-refractivity contribution in [2.24, 2.45) is 0 Å². The molecule has 1 fully saturated rings. The van der Waals surface area contributed by atoms with Crippen LogP contribution >= 0.6 is 0 Å². The quantitative estimate of drug-likeness (QED) is 0.673. The van der Waals surface area contributed by atoms with Crippen LogP contribution in [0, 0.1) is 5.82 Å². The number of ether oxygens (including phenoxy) is 1. The Labute approximate surface area is 70.4 Å². The second-order valence-electron chi connectivity index (χ2n) is 2.99. The van der Waals surface area contributed by atoms with E-state index in [-0.39, 0.29) is 5.82 Å². The van der Waals surface area contributed by atoms with Gasteiger partial charge in [-0.05, 0) is 25.3 Å². The third-order valence-electron chi connectivity index (χ3n) is 2.04. The first-order valence-corrected chi connectivity index (χ1v) is 4.13.